The number of hydrogen-bond acceptors (Lipinski definition) is 2. The largest absolute Gasteiger partial charge is 0.489 e. The lowest BCUT2D eigenvalue weighted by Crippen LogP contribution is -2.22. The average molecular weight is 268 g/mol. The van der Waals surface area contributed by atoms with E-state index in [1.807, 2.05) is 13.0 Å². The van der Waals surface area contributed by atoms with Crippen LogP contribution < -0.4 is 10.1 Å². The van der Waals surface area contributed by atoms with Crippen molar-refractivity contribution in [3.63, 3.8) is 0 Å². The second kappa shape index (κ2) is 7.45. The molecule has 2 nitrogen and oxygen atoms in total. The normalized spacial score (nSPS) is 12.0. The van der Waals surface area contributed by atoms with Crippen molar-refractivity contribution in [3.05, 3.63) is 40.4 Å². The highest BCUT2D eigenvalue weighted by molar-refractivity contribution is 6.25. The summed E-state index contributed by atoms with van der Waals surface area (Å²) in [7, 11) is 0. The maximum atomic E-state index is 5.78. The summed E-state index contributed by atoms with van der Waals surface area (Å²) in [5.74, 6) is 0.923. The molecular weight excluding hydrogens is 246 g/mol. The lowest BCUT2D eigenvalue weighted by Gasteiger charge is -2.14. The first kappa shape index (κ1) is 15.1. The smallest absolute Gasteiger partial charge is 0.124 e. The number of rotatable bonds is 6. The number of hydrogen-bond donors (Lipinski definition) is 1. The summed E-state index contributed by atoms with van der Waals surface area (Å²) in [6.45, 7) is 9.66. The van der Waals surface area contributed by atoms with E-state index in [9.17, 15) is 0 Å². The fourth-order valence-electron chi connectivity index (χ4n) is 1.52. The van der Waals surface area contributed by atoms with Gasteiger partial charge in [-0.25, -0.2) is 0 Å². The minimum absolute atomic E-state index is 0.461. The maximum Gasteiger partial charge on any atom is 0.124 e. The molecule has 0 aliphatic carbocycles. The number of halogens is 1. The fourth-order valence-corrected chi connectivity index (χ4v) is 1.59. The molecule has 1 N–H and O–H groups in total. The van der Waals surface area contributed by atoms with Gasteiger partial charge in [-0.2, -0.15) is 0 Å². The van der Waals surface area contributed by atoms with Crippen LogP contribution in [0.25, 0.3) is 0 Å². The van der Waals surface area contributed by atoms with Gasteiger partial charge in [0.2, 0.25) is 0 Å². The molecule has 0 bridgehead atoms. The van der Waals surface area contributed by atoms with Crippen LogP contribution in [0.5, 0.6) is 5.75 Å². The summed E-state index contributed by atoms with van der Waals surface area (Å²) in [6.07, 6.45) is 0. The minimum Gasteiger partial charge on any atom is -0.489 e. The number of aryl methyl sites for hydroxylation is 1. The molecule has 1 aromatic carbocycles. The molecule has 0 saturated heterocycles. The fraction of sp³-hybridized carbons (Fsp3) is 0.467. The molecule has 100 valence electrons. The third kappa shape index (κ3) is 5.11. The molecule has 18 heavy (non-hydrogen) atoms. The zero-order valence-electron chi connectivity index (χ0n) is 11.6. The van der Waals surface area contributed by atoms with Crippen LogP contribution in [0, 0.1) is 6.92 Å². The van der Waals surface area contributed by atoms with Gasteiger partial charge in [0.15, 0.2) is 0 Å². The van der Waals surface area contributed by atoms with Crippen LogP contribution >= 0.6 is 11.6 Å². The Balaban J connectivity index is 2.76. The van der Waals surface area contributed by atoms with Gasteiger partial charge in [-0.05, 0) is 25.5 Å². The highest BCUT2D eigenvalue weighted by Crippen LogP contribution is 2.20. The standard InChI is InChI=1S/C15H22ClNO/c1-11(2)17-9-14-7-12(3)5-6-15(14)18-10-13(4)8-16/h5-8,11,17H,9-10H2,1-4H3/b13-8+. The quantitative estimate of drug-likeness (QED) is 0.841. The van der Waals surface area contributed by atoms with E-state index in [1.54, 1.807) is 5.54 Å². The van der Waals surface area contributed by atoms with Crippen LogP contribution in [0.3, 0.4) is 0 Å². The zero-order chi connectivity index (χ0) is 13.5. The third-order valence-electron chi connectivity index (χ3n) is 2.56. The van der Waals surface area contributed by atoms with Crippen molar-refractivity contribution in [2.45, 2.75) is 40.3 Å². The highest BCUT2D eigenvalue weighted by Gasteiger charge is 2.05. The van der Waals surface area contributed by atoms with Crippen molar-refractivity contribution in [2.24, 2.45) is 0 Å². The van der Waals surface area contributed by atoms with E-state index in [4.69, 9.17) is 16.3 Å². The van der Waals surface area contributed by atoms with Gasteiger partial charge in [-0.1, -0.05) is 43.1 Å². The van der Waals surface area contributed by atoms with Crippen molar-refractivity contribution < 1.29 is 4.74 Å². The Morgan fingerprint density at radius 1 is 1.44 bits per heavy atom. The van der Waals surface area contributed by atoms with Gasteiger partial charge in [0, 0.05) is 23.7 Å². The lowest BCUT2D eigenvalue weighted by atomic mass is 10.1. The van der Waals surface area contributed by atoms with Crippen LogP contribution in [0.4, 0.5) is 0 Å². The highest BCUT2D eigenvalue weighted by atomic mass is 35.5. The van der Waals surface area contributed by atoms with Gasteiger partial charge >= 0.3 is 0 Å². The summed E-state index contributed by atoms with van der Waals surface area (Å²) < 4.78 is 5.78. The Kier molecular flexibility index (Phi) is 6.23. The SMILES string of the molecule is C/C(=C\Cl)COc1ccc(C)cc1CNC(C)C. The van der Waals surface area contributed by atoms with Crippen molar-refractivity contribution in [1.29, 1.82) is 0 Å². The number of nitrogens with one attached hydrogen (secondary N) is 1. The topological polar surface area (TPSA) is 21.3 Å². The van der Waals surface area contributed by atoms with Gasteiger partial charge in [-0.3, -0.25) is 0 Å². The maximum absolute atomic E-state index is 5.78. The first-order chi connectivity index (χ1) is 8.52. The van der Waals surface area contributed by atoms with Crippen LogP contribution in [0.15, 0.2) is 29.3 Å². The molecule has 1 rings (SSSR count). The van der Waals surface area contributed by atoms with E-state index in [-0.39, 0.29) is 0 Å². The van der Waals surface area contributed by atoms with E-state index < -0.39 is 0 Å². The van der Waals surface area contributed by atoms with Gasteiger partial charge in [0.25, 0.3) is 0 Å². The monoisotopic (exact) mass is 267 g/mol. The summed E-state index contributed by atoms with van der Waals surface area (Å²) >= 11 is 5.63. The second-order valence-corrected chi connectivity index (χ2v) is 5.11. The summed E-state index contributed by atoms with van der Waals surface area (Å²) in [4.78, 5) is 0. The van der Waals surface area contributed by atoms with Crippen molar-refractivity contribution in [1.82, 2.24) is 5.32 Å². The zero-order valence-corrected chi connectivity index (χ0v) is 12.3. The minimum atomic E-state index is 0.461. The Labute approximate surface area is 115 Å². The molecule has 0 spiro atoms. The number of ether oxygens (including phenoxy) is 1. The molecule has 0 heterocycles. The van der Waals surface area contributed by atoms with Crippen LogP contribution in [-0.4, -0.2) is 12.6 Å². The molecular formula is C15H22ClNO. The summed E-state index contributed by atoms with van der Waals surface area (Å²) in [5.41, 5.74) is 5.00. The van der Waals surface area contributed by atoms with Crippen LogP contribution in [0.2, 0.25) is 0 Å². The molecule has 3 heteroatoms. The lowest BCUT2D eigenvalue weighted by molar-refractivity contribution is 0.346. The van der Waals surface area contributed by atoms with Gasteiger partial charge in [0.05, 0.1) is 0 Å². The third-order valence-corrected chi connectivity index (χ3v) is 2.93. The summed E-state index contributed by atoms with van der Waals surface area (Å²) in [6, 6.07) is 6.70. The summed E-state index contributed by atoms with van der Waals surface area (Å²) in [5, 5.41) is 3.41. The van der Waals surface area contributed by atoms with Crippen molar-refractivity contribution in [3.8, 4) is 5.75 Å². The molecule has 0 aliphatic heterocycles. The molecule has 0 unspecified atom stereocenters. The predicted octanol–water partition coefficient (Wildman–Crippen LogP) is 4.01. The van der Waals surface area contributed by atoms with Gasteiger partial charge in [-0.15, -0.1) is 0 Å². The Morgan fingerprint density at radius 2 is 2.17 bits per heavy atom. The molecule has 0 radical (unpaired) electrons. The number of benzene rings is 1. The molecule has 1 aromatic rings. The molecule has 0 aliphatic rings. The first-order valence-corrected chi connectivity index (χ1v) is 6.68. The Hall–Kier alpha value is -0.990. The Bertz CT molecular complexity index is 413. The van der Waals surface area contributed by atoms with Crippen molar-refractivity contribution >= 4 is 11.6 Å². The van der Waals surface area contributed by atoms with E-state index in [2.05, 4.69) is 38.2 Å². The van der Waals surface area contributed by atoms with Crippen LogP contribution in [0.1, 0.15) is 31.9 Å². The van der Waals surface area contributed by atoms with E-state index in [0.29, 0.717) is 12.6 Å². The molecule has 0 atom stereocenters. The van der Waals surface area contributed by atoms with Crippen molar-refractivity contribution in [2.75, 3.05) is 6.61 Å². The van der Waals surface area contributed by atoms with Gasteiger partial charge < -0.3 is 10.1 Å². The average Bonchev–Trinajstić information content (AvgIpc) is 2.34. The van der Waals surface area contributed by atoms with E-state index in [1.165, 1.54) is 11.1 Å². The van der Waals surface area contributed by atoms with E-state index in [0.717, 1.165) is 17.9 Å². The molecule has 0 aromatic heterocycles. The Morgan fingerprint density at radius 3 is 2.78 bits per heavy atom. The molecule has 0 saturated carbocycles. The van der Waals surface area contributed by atoms with Gasteiger partial charge in [0.1, 0.15) is 12.4 Å². The second-order valence-electron chi connectivity index (χ2n) is 4.89. The van der Waals surface area contributed by atoms with E-state index >= 15 is 0 Å². The first-order valence-electron chi connectivity index (χ1n) is 6.24. The molecule has 0 fully saturated rings. The van der Waals surface area contributed by atoms with Crippen LogP contribution in [-0.2, 0) is 6.54 Å². The predicted molar refractivity (Wildman–Crippen MR) is 78.3 cm³/mol. The molecule has 0 amide bonds.